The molecule has 0 atom stereocenters. The first-order valence-electron chi connectivity index (χ1n) is 5.71. The Morgan fingerprint density at radius 1 is 0.944 bits per heavy atom. The molecule has 1 rings (SSSR count). The van der Waals surface area contributed by atoms with E-state index >= 15 is 0 Å². The Labute approximate surface area is 123 Å². The number of likely N-dealkylation sites (N-methyl/N-ethyl adjacent to an activating group) is 1. The number of nitrogens with zero attached hydrogens (tertiary/aromatic N) is 2. The average Bonchev–Trinajstić information content (AvgIpc) is 2.25. The van der Waals surface area contributed by atoms with Crippen LogP contribution in [0.3, 0.4) is 0 Å². The highest BCUT2D eigenvalue weighted by Gasteiger charge is 1.96. The monoisotopic (exact) mass is 293 g/mol. The molecule has 0 aliphatic carbocycles. The smallest absolute Gasteiger partial charge is 0.0361 e. The lowest BCUT2D eigenvalue weighted by Gasteiger charge is -2.13. The SMILES string of the molecule is CN(C)CCNCc1ccc(N(C)C)cc1.Cl.Cl. The van der Waals surface area contributed by atoms with E-state index in [4.69, 9.17) is 0 Å². The van der Waals surface area contributed by atoms with E-state index in [0.29, 0.717) is 0 Å². The third-order valence-electron chi connectivity index (χ3n) is 2.52. The van der Waals surface area contributed by atoms with Crippen LogP contribution in [0.5, 0.6) is 0 Å². The molecule has 0 aliphatic rings. The summed E-state index contributed by atoms with van der Waals surface area (Å²) in [5.74, 6) is 0. The van der Waals surface area contributed by atoms with Crippen molar-refractivity contribution in [1.82, 2.24) is 10.2 Å². The first-order chi connectivity index (χ1) is 7.59. The van der Waals surface area contributed by atoms with Gasteiger partial charge in [0.25, 0.3) is 0 Å². The third kappa shape index (κ3) is 7.77. The Morgan fingerprint density at radius 3 is 1.94 bits per heavy atom. The number of hydrogen-bond donors (Lipinski definition) is 1. The number of benzene rings is 1. The van der Waals surface area contributed by atoms with Crippen molar-refractivity contribution in [2.24, 2.45) is 0 Å². The van der Waals surface area contributed by atoms with Crippen molar-refractivity contribution >= 4 is 30.5 Å². The Hall–Kier alpha value is -0.480. The fourth-order valence-corrected chi connectivity index (χ4v) is 1.45. The van der Waals surface area contributed by atoms with Gasteiger partial charge in [-0.2, -0.15) is 0 Å². The molecule has 1 N–H and O–H groups in total. The first-order valence-corrected chi connectivity index (χ1v) is 5.71. The van der Waals surface area contributed by atoms with Crippen molar-refractivity contribution in [3.8, 4) is 0 Å². The molecule has 18 heavy (non-hydrogen) atoms. The van der Waals surface area contributed by atoms with Crippen molar-refractivity contribution < 1.29 is 0 Å². The van der Waals surface area contributed by atoms with E-state index in [0.717, 1.165) is 19.6 Å². The summed E-state index contributed by atoms with van der Waals surface area (Å²) < 4.78 is 0. The second kappa shape index (κ2) is 10.4. The summed E-state index contributed by atoms with van der Waals surface area (Å²) in [6.07, 6.45) is 0. The van der Waals surface area contributed by atoms with E-state index in [9.17, 15) is 0 Å². The first kappa shape index (κ1) is 19.9. The van der Waals surface area contributed by atoms with Crippen LogP contribution < -0.4 is 10.2 Å². The predicted molar refractivity (Wildman–Crippen MR) is 85.5 cm³/mol. The summed E-state index contributed by atoms with van der Waals surface area (Å²) in [5, 5.41) is 3.43. The van der Waals surface area contributed by atoms with Gasteiger partial charge in [0.15, 0.2) is 0 Å². The van der Waals surface area contributed by atoms with Gasteiger partial charge in [0.05, 0.1) is 0 Å². The normalized spacial score (nSPS) is 9.61. The molecule has 0 radical (unpaired) electrons. The molecule has 0 bridgehead atoms. The second-order valence-corrected chi connectivity index (χ2v) is 4.54. The van der Waals surface area contributed by atoms with E-state index in [-0.39, 0.29) is 24.8 Å². The highest BCUT2D eigenvalue weighted by atomic mass is 35.5. The third-order valence-corrected chi connectivity index (χ3v) is 2.52. The maximum atomic E-state index is 3.43. The van der Waals surface area contributed by atoms with Gasteiger partial charge in [-0.25, -0.2) is 0 Å². The molecule has 0 aromatic heterocycles. The van der Waals surface area contributed by atoms with Crippen LogP contribution in [0.15, 0.2) is 24.3 Å². The van der Waals surface area contributed by atoms with Crippen molar-refractivity contribution in [3.63, 3.8) is 0 Å². The molecule has 0 spiro atoms. The van der Waals surface area contributed by atoms with E-state index in [1.54, 1.807) is 0 Å². The molecule has 5 heteroatoms. The maximum absolute atomic E-state index is 3.43. The van der Waals surface area contributed by atoms with Gasteiger partial charge in [-0.05, 0) is 31.8 Å². The number of nitrogens with one attached hydrogen (secondary N) is 1. The maximum Gasteiger partial charge on any atom is 0.0361 e. The molecular weight excluding hydrogens is 269 g/mol. The summed E-state index contributed by atoms with van der Waals surface area (Å²) in [4.78, 5) is 4.30. The molecule has 0 amide bonds. The zero-order valence-electron chi connectivity index (χ0n) is 11.6. The van der Waals surface area contributed by atoms with Crippen molar-refractivity contribution in [1.29, 1.82) is 0 Å². The van der Waals surface area contributed by atoms with Gasteiger partial charge in [0, 0.05) is 39.4 Å². The van der Waals surface area contributed by atoms with Gasteiger partial charge >= 0.3 is 0 Å². The van der Waals surface area contributed by atoms with Crippen LogP contribution in [0.1, 0.15) is 5.56 Å². The number of hydrogen-bond acceptors (Lipinski definition) is 3. The van der Waals surface area contributed by atoms with Crippen LogP contribution in [-0.4, -0.2) is 46.2 Å². The summed E-state index contributed by atoms with van der Waals surface area (Å²) >= 11 is 0. The predicted octanol–water partition coefficient (Wildman–Crippen LogP) is 2.25. The fraction of sp³-hybridized carbons (Fsp3) is 0.538. The largest absolute Gasteiger partial charge is 0.378 e. The molecule has 0 heterocycles. The van der Waals surface area contributed by atoms with Gasteiger partial charge in [-0.3, -0.25) is 0 Å². The minimum absolute atomic E-state index is 0. The lowest BCUT2D eigenvalue weighted by Crippen LogP contribution is -2.26. The van der Waals surface area contributed by atoms with E-state index in [1.807, 2.05) is 0 Å². The van der Waals surface area contributed by atoms with Gasteiger partial charge in [-0.1, -0.05) is 12.1 Å². The molecular formula is C13H25Cl2N3. The van der Waals surface area contributed by atoms with Crippen LogP contribution in [-0.2, 0) is 6.54 Å². The summed E-state index contributed by atoms with van der Waals surface area (Å²) in [5.41, 5.74) is 2.58. The minimum Gasteiger partial charge on any atom is -0.378 e. The lowest BCUT2D eigenvalue weighted by atomic mass is 10.2. The highest BCUT2D eigenvalue weighted by molar-refractivity contribution is 5.85. The topological polar surface area (TPSA) is 18.5 Å². The van der Waals surface area contributed by atoms with Crippen molar-refractivity contribution in [3.05, 3.63) is 29.8 Å². The Bertz CT molecular complexity index is 300. The van der Waals surface area contributed by atoms with E-state index < -0.39 is 0 Å². The van der Waals surface area contributed by atoms with Crippen LogP contribution in [0.25, 0.3) is 0 Å². The Morgan fingerprint density at radius 2 is 1.50 bits per heavy atom. The van der Waals surface area contributed by atoms with Gasteiger partial charge in [0.2, 0.25) is 0 Å². The quantitative estimate of drug-likeness (QED) is 0.812. The molecule has 0 unspecified atom stereocenters. The number of halogens is 2. The van der Waals surface area contributed by atoms with Crippen molar-refractivity contribution in [2.75, 3.05) is 46.2 Å². The molecule has 0 aliphatic heterocycles. The molecule has 106 valence electrons. The lowest BCUT2D eigenvalue weighted by molar-refractivity contribution is 0.400. The Kier molecular flexibility index (Phi) is 11.5. The van der Waals surface area contributed by atoms with Crippen LogP contribution in [0, 0.1) is 0 Å². The second-order valence-electron chi connectivity index (χ2n) is 4.54. The zero-order valence-corrected chi connectivity index (χ0v) is 13.3. The van der Waals surface area contributed by atoms with Gasteiger partial charge < -0.3 is 15.1 Å². The molecule has 0 fully saturated rings. The molecule has 0 saturated heterocycles. The number of anilines is 1. The molecule has 1 aromatic carbocycles. The summed E-state index contributed by atoms with van der Waals surface area (Å²) in [7, 11) is 8.30. The van der Waals surface area contributed by atoms with Crippen molar-refractivity contribution in [2.45, 2.75) is 6.54 Å². The summed E-state index contributed by atoms with van der Waals surface area (Å²) in [6, 6.07) is 8.67. The average molecular weight is 294 g/mol. The molecule has 3 nitrogen and oxygen atoms in total. The van der Waals surface area contributed by atoms with Gasteiger partial charge in [0.1, 0.15) is 0 Å². The molecule has 0 saturated carbocycles. The standard InChI is InChI=1S/C13H23N3.2ClH/c1-15(2)10-9-14-11-12-5-7-13(8-6-12)16(3)4;;/h5-8,14H,9-11H2,1-4H3;2*1H. The minimum atomic E-state index is 0. The van der Waals surface area contributed by atoms with E-state index in [2.05, 4.69) is 67.6 Å². The van der Waals surface area contributed by atoms with Crippen LogP contribution >= 0.6 is 24.8 Å². The molecule has 1 aromatic rings. The van der Waals surface area contributed by atoms with Crippen LogP contribution in [0.2, 0.25) is 0 Å². The summed E-state index contributed by atoms with van der Waals surface area (Å²) in [6.45, 7) is 3.06. The highest BCUT2D eigenvalue weighted by Crippen LogP contribution is 2.11. The fourth-order valence-electron chi connectivity index (χ4n) is 1.45. The number of rotatable bonds is 6. The van der Waals surface area contributed by atoms with Gasteiger partial charge in [-0.15, -0.1) is 24.8 Å². The zero-order chi connectivity index (χ0) is 12.0. The Balaban J connectivity index is 0. The van der Waals surface area contributed by atoms with E-state index in [1.165, 1.54) is 11.3 Å². The van der Waals surface area contributed by atoms with Crippen LogP contribution in [0.4, 0.5) is 5.69 Å².